The van der Waals surface area contributed by atoms with Crippen molar-refractivity contribution in [3.05, 3.63) is 0 Å². The van der Waals surface area contributed by atoms with E-state index in [0.29, 0.717) is 13.2 Å². The van der Waals surface area contributed by atoms with Gasteiger partial charge < -0.3 is 15.4 Å². The number of hydrogen-bond donors (Lipinski definition) is 1. The predicted octanol–water partition coefficient (Wildman–Crippen LogP) is -0.517. The third kappa shape index (κ3) is 7.65. The summed E-state index contributed by atoms with van der Waals surface area (Å²) in [4.78, 5) is 12.5. The zero-order chi connectivity index (χ0) is 9.40. The highest BCUT2D eigenvalue weighted by atomic mass is 16.5. The van der Waals surface area contributed by atoms with Crippen molar-refractivity contribution < 1.29 is 9.53 Å². The highest BCUT2D eigenvalue weighted by Gasteiger charge is 1.97. The number of carbonyl (C=O) groups is 1. The van der Waals surface area contributed by atoms with Gasteiger partial charge in [0.15, 0.2) is 5.78 Å². The number of Topliss-reactive ketones (excluding diaryl/α,β-unsaturated/α-hetero) is 1. The minimum absolute atomic E-state index is 0.0662. The molecule has 4 nitrogen and oxygen atoms in total. The lowest BCUT2D eigenvalue weighted by atomic mass is 10.5. The topological polar surface area (TPSA) is 55.6 Å². The summed E-state index contributed by atoms with van der Waals surface area (Å²) in [6, 6.07) is 0. The molecule has 0 radical (unpaired) electrons. The molecule has 0 saturated heterocycles. The van der Waals surface area contributed by atoms with Crippen molar-refractivity contribution in [2.24, 2.45) is 5.73 Å². The first-order chi connectivity index (χ1) is 5.66. The molecule has 0 rings (SSSR count). The Balaban J connectivity index is 3.13. The molecule has 0 saturated carbocycles. The number of hydrogen-bond acceptors (Lipinski definition) is 4. The van der Waals surface area contributed by atoms with Gasteiger partial charge in [0.2, 0.25) is 0 Å². The molecule has 4 heteroatoms. The second-order valence-electron chi connectivity index (χ2n) is 2.85. The first-order valence-corrected chi connectivity index (χ1v) is 4.12. The first-order valence-electron chi connectivity index (χ1n) is 4.12. The average Bonchev–Trinajstić information content (AvgIpc) is 1.98. The summed E-state index contributed by atoms with van der Waals surface area (Å²) in [6.45, 7) is 4.67. The van der Waals surface area contributed by atoms with E-state index in [9.17, 15) is 4.79 Å². The second kappa shape index (κ2) is 7.21. The van der Waals surface area contributed by atoms with Gasteiger partial charge in [-0.2, -0.15) is 0 Å². The maximum absolute atomic E-state index is 10.5. The lowest BCUT2D eigenvalue weighted by Gasteiger charge is -2.14. The van der Waals surface area contributed by atoms with Crippen molar-refractivity contribution in [2.45, 2.75) is 6.92 Å². The van der Waals surface area contributed by atoms with Crippen molar-refractivity contribution in [1.82, 2.24) is 4.90 Å². The number of ketones is 1. The molecule has 0 aromatic heterocycles. The van der Waals surface area contributed by atoms with Crippen LogP contribution in [-0.4, -0.2) is 50.6 Å². The highest BCUT2D eigenvalue weighted by Crippen LogP contribution is 1.82. The molecule has 0 amide bonds. The molecule has 0 unspecified atom stereocenters. The third-order valence-corrected chi connectivity index (χ3v) is 1.43. The Hall–Kier alpha value is -0.450. The first kappa shape index (κ1) is 11.6. The van der Waals surface area contributed by atoms with Crippen LogP contribution in [0, 0.1) is 0 Å². The van der Waals surface area contributed by atoms with E-state index in [1.54, 1.807) is 0 Å². The van der Waals surface area contributed by atoms with Crippen molar-refractivity contribution >= 4 is 5.78 Å². The number of carbonyl (C=O) groups excluding carboxylic acids is 1. The van der Waals surface area contributed by atoms with E-state index >= 15 is 0 Å². The van der Waals surface area contributed by atoms with E-state index < -0.39 is 0 Å². The van der Waals surface area contributed by atoms with Crippen molar-refractivity contribution in [3.8, 4) is 0 Å². The van der Waals surface area contributed by atoms with Crippen LogP contribution < -0.4 is 5.73 Å². The Bertz CT molecular complexity index is 128. The van der Waals surface area contributed by atoms with Gasteiger partial charge in [0.25, 0.3) is 0 Å². The smallest absolute Gasteiger partial charge is 0.155 e. The fourth-order valence-electron chi connectivity index (χ4n) is 0.768. The van der Waals surface area contributed by atoms with E-state index in [4.69, 9.17) is 10.5 Å². The quantitative estimate of drug-likeness (QED) is 0.528. The summed E-state index contributed by atoms with van der Waals surface area (Å²) >= 11 is 0. The summed E-state index contributed by atoms with van der Waals surface area (Å²) in [5.41, 5.74) is 5.35. The number of likely N-dealkylation sites (N-methyl/N-ethyl adjacent to an activating group) is 1. The van der Waals surface area contributed by atoms with Gasteiger partial charge in [0.05, 0.1) is 6.61 Å². The van der Waals surface area contributed by atoms with E-state index in [0.717, 1.165) is 13.1 Å². The number of nitrogens with zero attached hydrogens (tertiary/aromatic N) is 1. The molecule has 0 heterocycles. The predicted molar refractivity (Wildman–Crippen MR) is 48.1 cm³/mol. The molecule has 0 aromatic carbocycles. The van der Waals surface area contributed by atoms with Gasteiger partial charge in [-0.05, 0) is 14.0 Å². The highest BCUT2D eigenvalue weighted by molar-refractivity contribution is 5.76. The van der Waals surface area contributed by atoms with Crippen LogP contribution in [0.5, 0.6) is 0 Å². The summed E-state index contributed by atoms with van der Waals surface area (Å²) in [6.07, 6.45) is 0. The van der Waals surface area contributed by atoms with Crippen LogP contribution in [-0.2, 0) is 9.53 Å². The van der Waals surface area contributed by atoms with Gasteiger partial charge in [-0.3, -0.25) is 4.79 Å². The lowest BCUT2D eigenvalue weighted by Crippen LogP contribution is -2.29. The van der Waals surface area contributed by atoms with Crippen LogP contribution in [0.4, 0.5) is 0 Å². The monoisotopic (exact) mass is 174 g/mol. The normalized spacial score (nSPS) is 10.7. The third-order valence-electron chi connectivity index (χ3n) is 1.43. The van der Waals surface area contributed by atoms with Crippen LogP contribution >= 0.6 is 0 Å². The van der Waals surface area contributed by atoms with Gasteiger partial charge >= 0.3 is 0 Å². The van der Waals surface area contributed by atoms with Gasteiger partial charge in [0, 0.05) is 19.6 Å². The molecule has 72 valence electrons. The summed E-state index contributed by atoms with van der Waals surface area (Å²) in [5, 5.41) is 0. The maximum atomic E-state index is 10.5. The minimum Gasteiger partial charge on any atom is -0.372 e. The largest absolute Gasteiger partial charge is 0.372 e. The Morgan fingerprint density at radius 3 is 2.67 bits per heavy atom. The molecular formula is C8H18N2O2. The zero-order valence-corrected chi connectivity index (χ0v) is 7.88. The van der Waals surface area contributed by atoms with Crippen LogP contribution in [0.2, 0.25) is 0 Å². The van der Waals surface area contributed by atoms with Crippen LogP contribution in [0.1, 0.15) is 6.92 Å². The minimum atomic E-state index is 0.0662. The molecule has 0 aromatic rings. The summed E-state index contributed by atoms with van der Waals surface area (Å²) in [7, 11) is 1.98. The number of ether oxygens (including phenoxy) is 1. The SMILES string of the molecule is CC(=O)COCCN(C)CCN. The Morgan fingerprint density at radius 2 is 2.17 bits per heavy atom. The molecule has 2 N–H and O–H groups in total. The van der Waals surface area contributed by atoms with Gasteiger partial charge in [0.1, 0.15) is 6.61 Å². The van der Waals surface area contributed by atoms with Gasteiger partial charge in [-0.1, -0.05) is 0 Å². The van der Waals surface area contributed by atoms with Crippen LogP contribution in [0.25, 0.3) is 0 Å². The van der Waals surface area contributed by atoms with E-state index in [-0.39, 0.29) is 12.4 Å². The van der Waals surface area contributed by atoms with Gasteiger partial charge in [-0.25, -0.2) is 0 Å². The lowest BCUT2D eigenvalue weighted by molar-refractivity contribution is -0.121. The molecule has 0 fully saturated rings. The molecule has 0 atom stereocenters. The zero-order valence-electron chi connectivity index (χ0n) is 7.88. The van der Waals surface area contributed by atoms with Crippen molar-refractivity contribution in [3.63, 3.8) is 0 Å². The fourth-order valence-corrected chi connectivity index (χ4v) is 0.768. The number of rotatable bonds is 7. The summed E-state index contributed by atoms with van der Waals surface area (Å²) < 4.78 is 5.08. The van der Waals surface area contributed by atoms with E-state index in [1.807, 2.05) is 7.05 Å². The second-order valence-corrected chi connectivity index (χ2v) is 2.85. The molecule has 0 spiro atoms. The molecule has 0 aliphatic heterocycles. The molecule has 0 bridgehead atoms. The van der Waals surface area contributed by atoms with Crippen molar-refractivity contribution in [2.75, 3.05) is 39.9 Å². The molecule has 0 aliphatic carbocycles. The molecule has 0 aliphatic rings. The Kier molecular flexibility index (Phi) is 6.94. The van der Waals surface area contributed by atoms with E-state index in [1.165, 1.54) is 6.92 Å². The van der Waals surface area contributed by atoms with Gasteiger partial charge in [-0.15, -0.1) is 0 Å². The Morgan fingerprint density at radius 1 is 1.50 bits per heavy atom. The average molecular weight is 174 g/mol. The Labute approximate surface area is 73.7 Å². The fraction of sp³-hybridized carbons (Fsp3) is 0.875. The van der Waals surface area contributed by atoms with Crippen LogP contribution in [0.15, 0.2) is 0 Å². The summed E-state index contributed by atoms with van der Waals surface area (Å²) in [5.74, 6) is 0.0662. The van der Waals surface area contributed by atoms with Crippen LogP contribution in [0.3, 0.4) is 0 Å². The molecule has 12 heavy (non-hydrogen) atoms. The number of nitrogens with two attached hydrogens (primary N) is 1. The van der Waals surface area contributed by atoms with Crippen molar-refractivity contribution in [1.29, 1.82) is 0 Å². The standard InChI is InChI=1S/C8H18N2O2/c1-8(11)7-12-6-5-10(2)4-3-9/h3-7,9H2,1-2H3. The van der Waals surface area contributed by atoms with E-state index in [2.05, 4.69) is 4.90 Å². The molecular weight excluding hydrogens is 156 g/mol. The maximum Gasteiger partial charge on any atom is 0.155 e.